The van der Waals surface area contributed by atoms with Crippen LogP contribution in [0.3, 0.4) is 0 Å². The van der Waals surface area contributed by atoms with Gasteiger partial charge in [0.05, 0.1) is 0 Å². The molecule has 15 heteroatoms. The van der Waals surface area contributed by atoms with Crippen LogP contribution in [-0.2, 0) is 0 Å². The molecule has 0 aromatic carbocycles. The molecule has 0 aliphatic rings. The molecule has 132 valence electrons. The number of halogens is 15. The summed E-state index contributed by atoms with van der Waals surface area (Å²) in [6, 6.07) is 0. The Morgan fingerprint density at radius 2 is 0.714 bits per heavy atom. The lowest BCUT2D eigenvalue weighted by Gasteiger charge is -2.03. The Kier molecular flexibility index (Phi) is 13.3. The van der Waals surface area contributed by atoms with E-state index in [1.165, 1.54) is 0 Å². The fraction of sp³-hybridized carbons (Fsp3) is 1.00. The SMILES string of the molecule is FC(Cl)C(F)(F)Cl.FC(Cl)C(F)(F)F.FC(F)(F)C(Cl)Cl. The molecule has 0 aliphatic carbocycles. The highest BCUT2D eigenvalue weighted by Gasteiger charge is 2.38. The van der Waals surface area contributed by atoms with Crippen molar-refractivity contribution in [3.8, 4) is 0 Å². The highest BCUT2D eigenvalue weighted by molar-refractivity contribution is 6.44. The lowest BCUT2D eigenvalue weighted by Crippen LogP contribution is -2.17. The van der Waals surface area contributed by atoms with E-state index in [1.807, 2.05) is 0 Å². The van der Waals surface area contributed by atoms with Crippen LogP contribution in [0.5, 0.6) is 0 Å². The number of alkyl halides is 15. The molecule has 0 aromatic heterocycles. The van der Waals surface area contributed by atoms with Gasteiger partial charge in [-0.3, -0.25) is 0 Å². The molecule has 0 rings (SSSR count). The van der Waals surface area contributed by atoms with E-state index in [9.17, 15) is 43.9 Å². The minimum absolute atomic E-state index is 2.26. The molecular formula is C6H3Cl5F10. The second-order valence-electron chi connectivity index (χ2n) is 2.53. The smallest absolute Gasteiger partial charge is 0.222 e. The van der Waals surface area contributed by atoms with Gasteiger partial charge in [0, 0.05) is 0 Å². The Bertz CT molecular complexity index is 211. The predicted molar refractivity (Wildman–Crippen MR) is 59.9 cm³/mol. The molecule has 0 aromatic rings. The van der Waals surface area contributed by atoms with Gasteiger partial charge >= 0.3 is 17.7 Å². The second kappa shape index (κ2) is 10.5. The zero-order chi connectivity index (χ0) is 18.2. The molecule has 0 fully saturated rings. The third kappa shape index (κ3) is 20.8. The fourth-order valence-corrected chi connectivity index (χ4v) is 0. The first kappa shape index (κ1) is 26.6. The molecule has 0 aliphatic heterocycles. The van der Waals surface area contributed by atoms with Crippen LogP contribution in [0.4, 0.5) is 43.9 Å². The summed E-state index contributed by atoms with van der Waals surface area (Å²) in [5.74, 6) is 0. The minimum Gasteiger partial charge on any atom is -0.222 e. The standard InChI is InChI=1S/2C2HCl2F3.C2HClF4/c3-1(5)2(4,6)7;2*3-1(4)2(5,6)7/h3*1H. The van der Waals surface area contributed by atoms with Crippen molar-refractivity contribution < 1.29 is 43.9 Å². The third-order valence-electron chi connectivity index (χ3n) is 0.742. The maximum Gasteiger partial charge on any atom is 0.433 e. The molecule has 2 unspecified atom stereocenters. The van der Waals surface area contributed by atoms with Gasteiger partial charge < -0.3 is 0 Å². The van der Waals surface area contributed by atoms with Crippen LogP contribution >= 0.6 is 58.0 Å². The number of hydrogen-bond acceptors (Lipinski definition) is 0. The highest BCUT2D eigenvalue weighted by atomic mass is 35.5. The van der Waals surface area contributed by atoms with Gasteiger partial charge in [0.25, 0.3) is 11.3 Å². The van der Waals surface area contributed by atoms with Crippen LogP contribution in [-0.4, -0.2) is 33.8 Å². The van der Waals surface area contributed by atoms with Crippen molar-refractivity contribution in [3.63, 3.8) is 0 Å². The number of rotatable bonds is 1. The van der Waals surface area contributed by atoms with E-state index >= 15 is 0 Å². The van der Waals surface area contributed by atoms with Gasteiger partial charge in [-0.05, 0) is 11.6 Å². The van der Waals surface area contributed by atoms with Crippen molar-refractivity contribution in [1.29, 1.82) is 0 Å². The van der Waals surface area contributed by atoms with Crippen LogP contribution in [0.2, 0.25) is 0 Å². The molecule has 0 nitrogen and oxygen atoms in total. The average molecular weight is 442 g/mol. The lowest BCUT2D eigenvalue weighted by atomic mass is 10.7. The molecule has 0 saturated carbocycles. The topological polar surface area (TPSA) is 0 Å². The quantitative estimate of drug-likeness (QED) is 0.310. The Balaban J connectivity index is -0.000000231. The Morgan fingerprint density at radius 1 is 0.571 bits per heavy atom. The first-order valence-corrected chi connectivity index (χ1v) is 6.00. The largest absolute Gasteiger partial charge is 0.433 e. The van der Waals surface area contributed by atoms with Crippen LogP contribution in [0.1, 0.15) is 0 Å². The van der Waals surface area contributed by atoms with Crippen molar-refractivity contribution in [2.45, 2.75) is 33.8 Å². The second-order valence-corrected chi connectivity index (χ2v) is 4.89. The van der Waals surface area contributed by atoms with E-state index in [4.69, 9.17) is 0 Å². The first-order valence-electron chi connectivity index (χ1n) is 3.88. The van der Waals surface area contributed by atoms with Crippen molar-refractivity contribution in [2.75, 3.05) is 0 Å². The first-order chi connectivity index (χ1) is 8.83. The molecule has 0 spiro atoms. The molecule has 0 saturated heterocycles. The third-order valence-corrected chi connectivity index (χ3v) is 2.06. The maximum absolute atomic E-state index is 11.1. The summed E-state index contributed by atoms with van der Waals surface area (Å²) in [6.07, 6.45) is -9.37. The van der Waals surface area contributed by atoms with Gasteiger partial charge in [-0.15, -0.1) is 0 Å². The van der Waals surface area contributed by atoms with E-state index < -0.39 is 33.8 Å². The molecule has 21 heavy (non-hydrogen) atoms. The fourth-order valence-electron chi connectivity index (χ4n) is 0. The molecule has 2 atom stereocenters. The van der Waals surface area contributed by atoms with Gasteiger partial charge in [0.15, 0.2) is 0 Å². The van der Waals surface area contributed by atoms with Crippen molar-refractivity contribution in [1.82, 2.24) is 0 Å². The van der Waals surface area contributed by atoms with E-state index in [1.54, 1.807) is 0 Å². The summed E-state index contributed by atoms with van der Waals surface area (Å²) < 4.78 is 109. The monoisotopic (exact) mass is 440 g/mol. The summed E-state index contributed by atoms with van der Waals surface area (Å²) in [6.45, 7) is 0. The van der Waals surface area contributed by atoms with E-state index in [-0.39, 0.29) is 0 Å². The summed E-state index contributed by atoms with van der Waals surface area (Å²) in [5.41, 5.74) is -6.03. The Morgan fingerprint density at radius 3 is 0.714 bits per heavy atom. The van der Waals surface area contributed by atoms with E-state index in [0.717, 1.165) is 0 Å². The summed E-state index contributed by atoms with van der Waals surface area (Å²) in [4.78, 5) is -2.26. The van der Waals surface area contributed by atoms with Gasteiger partial charge in [0.2, 0.25) is 4.84 Å². The lowest BCUT2D eigenvalue weighted by molar-refractivity contribution is -0.156. The van der Waals surface area contributed by atoms with Crippen molar-refractivity contribution in [2.24, 2.45) is 0 Å². The zero-order valence-corrected chi connectivity index (χ0v) is 12.7. The van der Waals surface area contributed by atoms with Crippen molar-refractivity contribution >= 4 is 58.0 Å². The van der Waals surface area contributed by atoms with Gasteiger partial charge in [-0.1, -0.05) is 46.4 Å². The van der Waals surface area contributed by atoms with Crippen LogP contribution in [0.25, 0.3) is 0 Å². The van der Waals surface area contributed by atoms with Gasteiger partial charge in [-0.2, -0.15) is 35.1 Å². The van der Waals surface area contributed by atoms with E-state index in [2.05, 4.69) is 58.0 Å². The van der Waals surface area contributed by atoms with Crippen LogP contribution in [0.15, 0.2) is 0 Å². The normalized spacial score (nSPS) is 15.4. The van der Waals surface area contributed by atoms with Crippen LogP contribution in [0, 0.1) is 0 Å². The summed E-state index contributed by atoms with van der Waals surface area (Å²) in [7, 11) is 0. The van der Waals surface area contributed by atoms with Gasteiger partial charge in [-0.25, -0.2) is 8.78 Å². The molecule has 0 radical (unpaired) electrons. The highest BCUT2D eigenvalue weighted by Crippen LogP contribution is 2.28. The Labute approximate surface area is 136 Å². The minimum atomic E-state index is -4.90. The number of hydrogen-bond donors (Lipinski definition) is 0. The molecular weight excluding hydrogens is 439 g/mol. The molecule has 0 N–H and O–H groups in total. The average Bonchev–Trinajstić information content (AvgIpc) is 2.14. The summed E-state index contributed by atoms with van der Waals surface area (Å²) in [5, 5.41) is -3.93. The predicted octanol–water partition coefficient (Wildman–Crippen LogP) is 6.79. The summed E-state index contributed by atoms with van der Waals surface area (Å²) >= 11 is 21.0. The van der Waals surface area contributed by atoms with Gasteiger partial charge in [0.1, 0.15) is 0 Å². The molecule has 0 bridgehead atoms. The molecule has 0 heterocycles. The zero-order valence-electron chi connectivity index (χ0n) is 8.90. The molecule has 0 amide bonds. The van der Waals surface area contributed by atoms with E-state index in [0.29, 0.717) is 0 Å². The van der Waals surface area contributed by atoms with Crippen molar-refractivity contribution in [3.05, 3.63) is 0 Å². The van der Waals surface area contributed by atoms with Crippen LogP contribution < -0.4 is 0 Å². The Hall–Kier alpha value is 0.750. The maximum atomic E-state index is 11.1.